The van der Waals surface area contributed by atoms with E-state index in [9.17, 15) is 9.59 Å². The van der Waals surface area contributed by atoms with Gasteiger partial charge in [0.1, 0.15) is 11.4 Å². The van der Waals surface area contributed by atoms with E-state index in [1.165, 1.54) is 4.57 Å². The van der Waals surface area contributed by atoms with Gasteiger partial charge >= 0.3 is 0 Å². The zero-order chi connectivity index (χ0) is 16.7. The molecule has 23 heavy (non-hydrogen) atoms. The third-order valence-corrected chi connectivity index (χ3v) is 4.39. The Hall–Kier alpha value is -2.50. The van der Waals surface area contributed by atoms with Crippen molar-refractivity contribution in [2.75, 3.05) is 0 Å². The van der Waals surface area contributed by atoms with E-state index in [1.807, 2.05) is 19.9 Å². The van der Waals surface area contributed by atoms with Gasteiger partial charge < -0.3 is 9.47 Å². The third-order valence-electron chi connectivity index (χ3n) is 4.39. The summed E-state index contributed by atoms with van der Waals surface area (Å²) < 4.78 is 1.51. The van der Waals surface area contributed by atoms with Crippen LogP contribution in [0.3, 0.4) is 0 Å². The molecular formula is C17H20N4O2. The molecule has 0 N–H and O–H groups in total. The average molecular weight is 312 g/mol. The highest BCUT2D eigenvalue weighted by Gasteiger charge is 2.28. The van der Waals surface area contributed by atoms with Crippen molar-refractivity contribution in [1.29, 1.82) is 0 Å². The van der Waals surface area contributed by atoms with Crippen LogP contribution in [0.5, 0.6) is 0 Å². The quantitative estimate of drug-likeness (QED) is 0.843. The van der Waals surface area contributed by atoms with Crippen LogP contribution in [-0.4, -0.2) is 25.3 Å². The molecule has 0 unspecified atom stereocenters. The highest BCUT2D eigenvalue weighted by molar-refractivity contribution is 5.95. The first kappa shape index (κ1) is 15.4. The van der Waals surface area contributed by atoms with Crippen LogP contribution in [0, 0.1) is 13.8 Å². The maximum atomic E-state index is 12.8. The summed E-state index contributed by atoms with van der Waals surface area (Å²) in [5.41, 5.74) is 3.39. The molecule has 0 bridgehead atoms. The molecule has 3 rings (SSSR count). The van der Waals surface area contributed by atoms with Gasteiger partial charge in [-0.15, -0.1) is 0 Å². The SMILES string of the molecule is CCc1ncc2c(n1)CN(C(=O)c1c(C)cc(C)n(C)c1=O)C2. The fraction of sp³-hybridized carbons (Fsp3) is 0.412. The first-order valence-corrected chi connectivity index (χ1v) is 7.72. The number of nitrogens with zero attached hydrogens (tertiary/aromatic N) is 4. The van der Waals surface area contributed by atoms with Crippen LogP contribution in [0.15, 0.2) is 17.1 Å². The normalized spacial score (nSPS) is 13.3. The van der Waals surface area contributed by atoms with Crippen molar-refractivity contribution in [1.82, 2.24) is 19.4 Å². The fourth-order valence-corrected chi connectivity index (χ4v) is 2.91. The van der Waals surface area contributed by atoms with Gasteiger partial charge in [0.15, 0.2) is 0 Å². The molecule has 2 aromatic rings. The Bertz CT molecular complexity index is 854. The van der Waals surface area contributed by atoms with Crippen molar-refractivity contribution >= 4 is 5.91 Å². The molecule has 6 heteroatoms. The molecule has 0 aromatic carbocycles. The largest absolute Gasteiger partial charge is 0.328 e. The Morgan fingerprint density at radius 3 is 2.74 bits per heavy atom. The minimum atomic E-state index is -0.246. The van der Waals surface area contributed by atoms with Gasteiger partial charge in [-0.2, -0.15) is 0 Å². The molecule has 0 saturated heterocycles. The van der Waals surface area contributed by atoms with E-state index in [2.05, 4.69) is 9.97 Å². The van der Waals surface area contributed by atoms with Crippen molar-refractivity contribution in [3.63, 3.8) is 0 Å². The van der Waals surface area contributed by atoms with Gasteiger partial charge in [-0.3, -0.25) is 9.59 Å². The lowest BCUT2D eigenvalue weighted by Gasteiger charge is -2.17. The minimum Gasteiger partial charge on any atom is -0.328 e. The summed E-state index contributed by atoms with van der Waals surface area (Å²) in [7, 11) is 1.69. The van der Waals surface area contributed by atoms with Crippen LogP contribution in [0.4, 0.5) is 0 Å². The molecule has 0 aliphatic carbocycles. The van der Waals surface area contributed by atoms with E-state index in [-0.39, 0.29) is 17.0 Å². The van der Waals surface area contributed by atoms with Gasteiger partial charge in [-0.25, -0.2) is 9.97 Å². The average Bonchev–Trinajstić information content (AvgIpc) is 2.95. The zero-order valence-corrected chi connectivity index (χ0v) is 13.9. The number of fused-ring (bicyclic) bond motifs is 1. The number of pyridine rings is 1. The van der Waals surface area contributed by atoms with E-state index in [0.29, 0.717) is 18.7 Å². The number of carbonyl (C=O) groups is 1. The maximum absolute atomic E-state index is 12.8. The van der Waals surface area contributed by atoms with Crippen LogP contribution in [0.1, 0.15) is 45.6 Å². The predicted molar refractivity (Wildman–Crippen MR) is 86.1 cm³/mol. The van der Waals surface area contributed by atoms with E-state index in [0.717, 1.165) is 29.2 Å². The number of aryl methyl sites for hydroxylation is 3. The van der Waals surface area contributed by atoms with Crippen LogP contribution >= 0.6 is 0 Å². The van der Waals surface area contributed by atoms with E-state index in [4.69, 9.17) is 0 Å². The van der Waals surface area contributed by atoms with Crippen LogP contribution in [0.2, 0.25) is 0 Å². The number of aromatic nitrogens is 3. The Kier molecular flexibility index (Phi) is 3.75. The van der Waals surface area contributed by atoms with E-state index >= 15 is 0 Å². The first-order chi connectivity index (χ1) is 10.9. The van der Waals surface area contributed by atoms with Gasteiger partial charge in [-0.05, 0) is 25.5 Å². The monoisotopic (exact) mass is 312 g/mol. The van der Waals surface area contributed by atoms with Gasteiger partial charge in [0.2, 0.25) is 0 Å². The van der Waals surface area contributed by atoms with E-state index in [1.54, 1.807) is 25.1 Å². The molecule has 1 aliphatic rings. The third kappa shape index (κ3) is 2.54. The summed E-state index contributed by atoms with van der Waals surface area (Å²) in [6.07, 6.45) is 2.55. The fourth-order valence-electron chi connectivity index (χ4n) is 2.91. The molecule has 0 spiro atoms. The molecule has 1 aliphatic heterocycles. The van der Waals surface area contributed by atoms with E-state index < -0.39 is 0 Å². The summed E-state index contributed by atoms with van der Waals surface area (Å²) in [4.78, 5) is 35.7. The molecule has 120 valence electrons. The van der Waals surface area contributed by atoms with Crippen molar-refractivity contribution in [3.8, 4) is 0 Å². The number of amides is 1. The Morgan fingerprint density at radius 2 is 2.04 bits per heavy atom. The summed E-state index contributed by atoms with van der Waals surface area (Å²) >= 11 is 0. The Balaban J connectivity index is 1.95. The minimum absolute atomic E-state index is 0.237. The number of carbonyl (C=O) groups excluding carboxylic acids is 1. The van der Waals surface area contributed by atoms with Gasteiger partial charge in [0, 0.05) is 37.5 Å². The molecule has 0 atom stereocenters. The Morgan fingerprint density at radius 1 is 1.30 bits per heavy atom. The molecule has 0 saturated carbocycles. The zero-order valence-electron chi connectivity index (χ0n) is 13.9. The van der Waals surface area contributed by atoms with Crippen molar-refractivity contribution < 1.29 is 4.79 Å². The highest BCUT2D eigenvalue weighted by atomic mass is 16.2. The second-order valence-electron chi connectivity index (χ2n) is 5.98. The molecule has 0 fully saturated rings. The molecule has 3 heterocycles. The molecule has 1 amide bonds. The summed E-state index contributed by atoms with van der Waals surface area (Å²) in [5, 5.41) is 0. The topological polar surface area (TPSA) is 68.1 Å². The van der Waals surface area contributed by atoms with Crippen LogP contribution in [0.25, 0.3) is 0 Å². The predicted octanol–water partition coefficient (Wildman–Crippen LogP) is 1.51. The van der Waals surface area contributed by atoms with Crippen molar-refractivity contribution in [2.24, 2.45) is 7.05 Å². The van der Waals surface area contributed by atoms with Crippen LogP contribution < -0.4 is 5.56 Å². The second kappa shape index (κ2) is 5.61. The molecular weight excluding hydrogens is 292 g/mol. The number of hydrogen-bond acceptors (Lipinski definition) is 4. The van der Waals surface area contributed by atoms with Gasteiger partial charge in [0.05, 0.1) is 12.2 Å². The second-order valence-corrected chi connectivity index (χ2v) is 5.98. The lowest BCUT2D eigenvalue weighted by Crippen LogP contribution is -2.34. The smallest absolute Gasteiger partial charge is 0.263 e. The highest BCUT2D eigenvalue weighted by Crippen LogP contribution is 2.22. The lowest BCUT2D eigenvalue weighted by atomic mass is 10.1. The summed E-state index contributed by atoms with van der Waals surface area (Å²) in [6, 6.07) is 1.87. The lowest BCUT2D eigenvalue weighted by molar-refractivity contribution is 0.0747. The molecule has 6 nitrogen and oxygen atoms in total. The van der Waals surface area contributed by atoms with Gasteiger partial charge in [0.25, 0.3) is 11.5 Å². The van der Waals surface area contributed by atoms with Gasteiger partial charge in [-0.1, -0.05) is 6.92 Å². The van der Waals surface area contributed by atoms with Crippen molar-refractivity contribution in [3.05, 3.63) is 56.5 Å². The first-order valence-electron chi connectivity index (χ1n) is 7.72. The Labute approximate surface area is 134 Å². The molecule has 0 radical (unpaired) electrons. The summed E-state index contributed by atoms with van der Waals surface area (Å²) in [5.74, 6) is 0.541. The van der Waals surface area contributed by atoms with Crippen molar-refractivity contribution in [2.45, 2.75) is 40.3 Å². The number of rotatable bonds is 2. The van der Waals surface area contributed by atoms with Crippen LogP contribution in [-0.2, 0) is 26.6 Å². The number of hydrogen-bond donors (Lipinski definition) is 0. The standard InChI is InChI=1S/C17H20N4O2/c1-5-14-18-7-12-8-21(9-13(12)19-14)17(23)15-10(2)6-11(3)20(4)16(15)22/h6-7H,5,8-9H2,1-4H3. The summed E-state index contributed by atoms with van der Waals surface area (Å²) in [6.45, 7) is 6.55. The molecule has 2 aromatic heterocycles. The maximum Gasteiger partial charge on any atom is 0.263 e.